The number of aromatic carboxylic acids is 1. The van der Waals surface area contributed by atoms with E-state index in [2.05, 4.69) is 55.4 Å². The van der Waals surface area contributed by atoms with Crippen LogP contribution in [0.25, 0.3) is 32.2 Å². The average molecular weight is 1000 g/mol. The number of para-hydroxylation sites is 1. The van der Waals surface area contributed by atoms with Crippen LogP contribution in [0.15, 0.2) is 91.0 Å². The van der Waals surface area contributed by atoms with Gasteiger partial charge in [-0.1, -0.05) is 54.7 Å². The number of fused-ring (bicyclic) bond motifs is 3. The van der Waals surface area contributed by atoms with Crippen molar-refractivity contribution in [3.05, 3.63) is 125 Å². The van der Waals surface area contributed by atoms with Crippen molar-refractivity contribution in [1.82, 2.24) is 30.0 Å². The van der Waals surface area contributed by atoms with Gasteiger partial charge in [0.2, 0.25) is 11.8 Å². The Morgan fingerprint density at radius 2 is 1.67 bits per heavy atom. The highest BCUT2D eigenvalue weighted by Crippen LogP contribution is 2.39. The minimum atomic E-state index is -1.10. The van der Waals surface area contributed by atoms with Crippen LogP contribution >= 0.6 is 11.3 Å². The summed E-state index contributed by atoms with van der Waals surface area (Å²) in [5.41, 5.74) is 8.49. The van der Waals surface area contributed by atoms with Gasteiger partial charge in [-0.2, -0.15) is 5.10 Å². The summed E-state index contributed by atoms with van der Waals surface area (Å²) in [4.78, 5) is 67.4. The Hall–Kier alpha value is -7.17. The molecule has 3 aromatic heterocycles. The summed E-state index contributed by atoms with van der Waals surface area (Å²) in [6, 6.07) is 29.6. The first-order valence-corrected chi connectivity index (χ1v) is 26.6. The minimum Gasteiger partial charge on any atom is -0.490 e. The molecule has 0 bridgehead atoms. The van der Waals surface area contributed by atoms with Gasteiger partial charge in [0, 0.05) is 74.9 Å². The van der Waals surface area contributed by atoms with E-state index in [9.17, 15) is 24.3 Å². The lowest BCUT2D eigenvalue weighted by atomic mass is 9.78. The van der Waals surface area contributed by atoms with Gasteiger partial charge in [0.05, 0.1) is 33.4 Å². The summed E-state index contributed by atoms with van der Waals surface area (Å²) in [6.45, 7) is 10.5. The first-order valence-electron chi connectivity index (χ1n) is 25.8. The summed E-state index contributed by atoms with van der Waals surface area (Å²) in [5.74, 6) is 0.356. The Kier molecular flexibility index (Phi) is 13.4. The molecule has 4 aliphatic rings. The lowest BCUT2D eigenvalue weighted by molar-refractivity contribution is -0.134. The third kappa shape index (κ3) is 9.89. The molecule has 3 N–H and O–H groups in total. The van der Waals surface area contributed by atoms with Crippen molar-refractivity contribution in [2.75, 3.05) is 54.4 Å². The Balaban J connectivity index is 0.673. The number of nitrogens with zero attached hydrogens (tertiary/aromatic N) is 7. The number of rotatable bonds is 13. The molecule has 0 spiro atoms. The average Bonchev–Trinajstić information content (AvgIpc) is 3.97. The number of hydrogen-bond acceptors (Lipinski definition) is 12. The molecule has 7 aromatic rings. The molecule has 15 nitrogen and oxygen atoms in total. The predicted molar refractivity (Wildman–Crippen MR) is 285 cm³/mol. The molecule has 2 unspecified atom stereocenters. The van der Waals surface area contributed by atoms with Crippen LogP contribution in [0, 0.1) is 18.8 Å². The lowest BCUT2D eigenvalue weighted by Crippen LogP contribution is -2.47. The summed E-state index contributed by atoms with van der Waals surface area (Å²) in [5, 5.41) is 22.3. The number of aryl methyl sites for hydroxylation is 1. The van der Waals surface area contributed by atoms with Gasteiger partial charge in [-0.3, -0.25) is 34.6 Å². The van der Waals surface area contributed by atoms with E-state index in [1.54, 1.807) is 0 Å². The number of carbonyl (C=O) groups is 4. The monoisotopic (exact) mass is 999 g/mol. The number of pyridine rings is 1. The number of imide groups is 1. The fourth-order valence-electron chi connectivity index (χ4n) is 11.6. The molecular formula is C57H61N9O6S. The zero-order valence-electron chi connectivity index (χ0n) is 41.6. The van der Waals surface area contributed by atoms with Crippen LogP contribution in [-0.2, 0) is 29.6 Å². The fraction of sp³-hybridized carbons (Fsp3) is 0.386. The highest BCUT2D eigenvalue weighted by Gasteiger charge is 2.33. The normalized spacial score (nSPS) is 20.0. The number of aromatic nitrogens is 4. The van der Waals surface area contributed by atoms with Crippen LogP contribution in [0.2, 0.25) is 0 Å². The summed E-state index contributed by atoms with van der Waals surface area (Å²) in [7, 11) is 1.92. The number of anilines is 3. The molecule has 3 amide bonds. The molecule has 2 saturated heterocycles. The van der Waals surface area contributed by atoms with Gasteiger partial charge in [0.15, 0.2) is 10.8 Å². The number of nitrogens with one attached hydrogen (secondary N) is 2. The summed E-state index contributed by atoms with van der Waals surface area (Å²) < 4.78 is 9.58. The van der Waals surface area contributed by atoms with Gasteiger partial charge in [0.1, 0.15) is 11.6 Å². The van der Waals surface area contributed by atoms with Gasteiger partial charge in [-0.05, 0) is 147 Å². The van der Waals surface area contributed by atoms with Gasteiger partial charge >= 0.3 is 5.97 Å². The minimum absolute atomic E-state index is 0.0205. The molecule has 6 heterocycles. The van der Waals surface area contributed by atoms with Crippen molar-refractivity contribution in [3.8, 4) is 16.9 Å². The van der Waals surface area contributed by atoms with Gasteiger partial charge in [-0.25, -0.2) is 14.8 Å². The first-order chi connectivity index (χ1) is 35.4. The molecule has 0 radical (unpaired) electrons. The standard InChI is InChI=1S/C57H61N9O6S/c1-34(24-26-64-28-30-65(31-29-64)38-16-19-43-47(32-38)63(3)62-52(43)44-21-23-51(67)60-55(44)69)36-14-17-39(18-15-36)72-48-12-7-9-40(35(48)2)41-20-22-50(59-53(41)56(70)71)66-27-25-37-8-6-10-42(45(37)33-66)54(68)61-57-58-46-11-4-5-13-49(46)73-57/h4-13,16,19-20,22,32,34,36,39,44H,14-15,17-18,21,23-31,33H2,1-3H3,(H,70,71)(H,58,61,68)(H,60,67,69). The smallest absolute Gasteiger partial charge is 0.355 e. The van der Waals surface area contributed by atoms with Crippen LogP contribution in [0.5, 0.6) is 5.75 Å². The van der Waals surface area contributed by atoms with Crippen LogP contribution in [0.4, 0.5) is 16.6 Å². The Bertz CT molecular complexity index is 3230. The van der Waals surface area contributed by atoms with Crippen molar-refractivity contribution in [2.45, 2.75) is 83.8 Å². The Morgan fingerprint density at radius 3 is 2.47 bits per heavy atom. The maximum Gasteiger partial charge on any atom is 0.355 e. The largest absolute Gasteiger partial charge is 0.490 e. The molecule has 11 rings (SSSR count). The number of thiazole rings is 1. The second-order valence-electron chi connectivity index (χ2n) is 20.3. The molecule has 376 valence electrons. The fourth-order valence-corrected chi connectivity index (χ4v) is 12.5. The quantitative estimate of drug-likeness (QED) is 0.0936. The van der Waals surface area contributed by atoms with Crippen molar-refractivity contribution in [1.29, 1.82) is 0 Å². The SMILES string of the molecule is Cc1c(OC2CCC(C(C)CCN3CCN(c4ccc5c(C6CCC(=O)NC6=O)nn(C)c5c4)CC3)CC2)cccc1-c1ccc(N2CCc3cccc(C(=O)Nc4nc5ccccc5s4)c3C2)nc1C(=O)O. The van der Waals surface area contributed by atoms with E-state index in [0.717, 1.165) is 125 Å². The van der Waals surface area contributed by atoms with Crippen molar-refractivity contribution in [2.24, 2.45) is 18.9 Å². The van der Waals surface area contributed by atoms with E-state index in [1.165, 1.54) is 11.3 Å². The van der Waals surface area contributed by atoms with Crippen molar-refractivity contribution >= 4 is 72.8 Å². The van der Waals surface area contributed by atoms with E-state index in [4.69, 9.17) is 14.8 Å². The molecule has 73 heavy (non-hydrogen) atoms. The number of carbonyl (C=O) groups excluding carboxylic acids is 3. The number of hydrogen-bond donors (Lipinski definition) is 3. The highest BCUT2D eigenvalue weighted by atomic mass is 32.1. The Labute approximate surface area is 428 Å². The Morgan fingerprint density at radius 1 is 0.863 bits per heavy atom. The third-order valence-corrected chi connectivity index (χ3v) is 16.9. The topological polar surface area (TPSA) is 175 Å². The molecule has 16 heteroatoms. The number of carboxylic acids is 1. The number of amides is 3. The van der Waals surface area contributed by atoms with Crippen LogP contribution < -0.4 is 25.2 Å². The second-order valence-corrected chi connectivity index (χ2v) is 21.3. The number of benzene rings is 4. The van der Waals surface area contributed by atoms with E-state index in [1.807, 2.05) is 91.4 Å². The van der Waals surface area contributed by atoms with E-state index >= 15 is 0 Å². The maximum absolute atomic E-state index is 13.7. The number of ether oxygens (including phenoxy) is 1. The zero-order valence-corrected chi connectivity index (χ0v) is 42.4. The predicted octanol–water partition coefficient (Wildman–Crippen LogP) is 9.37. The van der Waals surface area contributed by atoms with Crippen LogP contribution in [0.1, 0.15) is 101 Å². The van der Waals surface area contributed by atoms with E-state index < -0.39 is 11.9 Å². The van der Waals surface area contributed by atoms with Gasteiger partial charge < -0.3 is 19.6 Å². The second kappa shape index (κ2) is 20.4. The molecule has 1 aliphatic carbocycles. The van der Waals surface area contributed by atoms with Crippen molar-refractivity contribution in [3.63, 3.8) is 0 Å². The number of piperidine rings is 1. The first kappa shape index (κ1) is 48.1. The molecule has 4 aromatic carbocycles. The molecular weight excluding hydrogens is 939 g/mol. The summed E-state index contributed by atoms with van der Waals surface area (Å²) >= 11 is 1.44. The number of carboxylic acid groups (broad SMARTS) is 1. The van der Waals surface area contributed by atoms with Gasteiger partial charge in [-0.15, -0.1) is 0 Å². The van der Waals surface area contributed by atoms with Gasteiger partial charge in [0.25, 0.3) is 5.91 Å². The van der Waals surface area contributed by atoms with Crippen LogP contribution in [0.3, 0.4) is 0 Å². The zero-order chi connectivity index (χ0) is 50.3. The van der Waals surface area contributed by atoms with E-state index in [0.29, 0.717) is 66.3 Å². The molecule has 3 aliphatic heterocycles. The molecule has 1 saturated carbocycles. The highest BCUT2D eigenvalue weighted by molar-refractivity contribution is 7.22. The van der Waals surface area contributed by atoms with E-state index in [-0.39, 0.29) is 29.5 Å². The third-order valence-electron chi connectivity index (χ3n) is 15.9. The molecule has 2 atom stereocenters. The lowest BCUT2D eigenvalue weighted by Gasteiger charge is -2.37. The molecule has 3 fully saturated rings. The summed E-state index contributed by atoms with van der Waals surface area (Å²) in [6.07, 6.45) is 6.95. The van der Waals surface area contributed by atoms with Crippen LogP contribution in [-0.4, -0.2) is 98.8 Å². The van der Waals surface area contributed by atoms with Crippen molar-refractivity contribution < 1.29 is 29.0 Å². The maximum atomic E-state index is 13.7. The number of piperazine rings is 1.